The molecule has 7 aliphatic rings. The Hall–Kier alpha value is -0.980. The summed E-state index contributed by atoms with van der Waals surface area (Å²) in [5.41, 5.74) is -3.26. The Kier molecular flexibility index (Phi) is 14.9. The predicted octanol–water partition coefficient (Wildman–Crippen LogP) is -0.417. The summed E-state index contributed by atoms with van der Waals surface area (Å²) in [7, 11) is 0. The van der Waals surface area contributed by atoms with Gasteiger partial charge in [0.05, 0.1) is 43.2 Å². The van der Waals surface area contributed by atoms with Crippen molar-refractivity contribution in [3.63, 3.8) is 0 Å². The van der Waals surface area contributed by atoms with Crippen molar-refractivity contribution in [3.8, 4) is 0 Å². The van der Waals surface area contributed by atoms with Crippen LogP contribution in [0.3, 0.4) is 0 Å². The summed E-state index contributed by atoms with van der Waals surface area (Å²) in [6, 6.07) is 0. The van der Waals surface area contributed by atoms with E-state index in [4.69, 9.17) is 28.4 Å². The first kappa shape index (κ1) is 51.9. The Morgan fingerprint density at radius 2 is 1.17 bits per heavy atom. The van der Waals surface area contributed by atoms with Crippen LogP contribution >= 0.6 is 0 Å². The minimum atomic E-state index is -1.84. The van der Waals surface area contributed by atoms with Crippen molar-refractivity contribution in [2.24, 2.45) is 45.3 Å². The van der Waals surface area contributed by atoms with Crippen LogP contribution in [0.5, 0.6) is 0 Å². The van der Waals surface area contributed by atoms with Crippen LogP contribution in [0.2, 0.25) is 0 Å². The van der Waals surface area contributed by atoms with Gasteiger partial charge in [0, 0.05) is 0 Å². The number of aliphatic hydroxyl groups is 12. The van der Waals surface area contributed by atoms with Gasteiger partial charge in [-0.3, -0.25) is 0 Å². The Morgan fingerprint density at radius 1 is 0.615 bits per heavy atom. The number of aliphatic hydroxyl groups excluding tert-OH is 10. The van der Waals surface area contributed by atoms with Crippen molar-refractivity contribution in [2.75, 3.05) is 19.8 Å². The van der Waals surface area contributed by atoms with E-state index in [2.05, 4.69) is 34.6 Å². The van der Waals surface area contributed by atoms with E-state index in [9.17, 15) is 61.3 Å². The topological polar surface area (TPSA) is 298 Å². The fourth-order valence-electron chi connectivity index (χ4n) is 14.4. The number of rotatable bonds is 12. The van der Waals surface area contributed by atoms with Crippen molar-refractivity contribution < 1.29 is 89.7 Å². The lowest BCUT2D eigenvalue weighted by Crippen LogP contribution is -2.68. The molecule has 12 N–H and O–H groups in total. The first-order chi connectivity index (χ1) is 30.2. The molecule has 7 rings (SSSR count). The normalized spacial score (nSPS) is 52.4. The smallest absolute Gasteiger partial charge is 0.187 e. The molecule has 18 heteroatoms. The van der Waals surface area contributed by atoms with Gasteiger partial charge >= 0.3 is 0 Å². The molecule has 0 spiro atoms. The lowest BCUT2D eigenvalue weighted by atomic mass is 9.35. The van der Waals surface area contributed by atoms with Crippen LogP contribution < -0.4 is 0 Å². The van der Waals surface area contributed by atoms with Gasteiger partial charge in [-0.2, -0.15) is 0 Å². The highest BCUT2D eigenvalue weighted by Crippen LogP contribution is 2.76. The molecule has 3 saturated heterocycles. The molecular formula is C47H80O18. The molecular weight excluding hydrogens is 852 g/mol. The maximum absolute atomic E-state index is 12.3. The average Bonchev–Trinajstić information content (AvgIpc) is 3.62. The third-order valence-corrected chi connectivity index (χ3v) is 18.2. The fraction of sp³-hybridized carbons (Fsp3) is 0.957. The maximum atomic E-state index is 12.3. The second-order valence-corrected chi connectivity index (χ2v) is 22.9. The highest BCUT2D eigenvalue weighted by Gasteiger charge is 2.71. The van der Waals surface area contributed by atoms with Gasteiger partial charge in [0.25, 0.3) is 0 Å². The van der Waals surface area contributed by atoms with Gasteiger partial charge in [0.1, 0.15) is 67.1 Å². The number of hydrogen-bond donors (Lipinski definition) is 12. The zero-order valence-electron chi connectivity index (χ0n) is 39.3. The molecule has 24 unspecified atom stereocenters. The summed E-state index contributed by atoms with van der Waals surface area (Å²) in [6.07, 6.45) is -14.7. The largest absolute Gasteiger partial charge is 0.394 e. The van der Waals surface area contributed by atoms with E-state index >= 15 is 0 Å². The average molecular weight is 933 g/mol. The highest BCUT2D eigenvalue weighted by molar-refractivity contribution is 5.20. The van der Waals surface area contributed by atoms with Gasteiger partial charge in [0.15, 0.2) is 18.9 Å². The summed E-state index contributed by atoms with van der Waals surface area (Å²) in [4.78, 5) is 0. The van der Waals surface area contributed by atoms with Crippen LogP contribution in [-0.4, -0.2) is 191 Å². The Balaban J connectivity index is 1.12. The standard InChI is InChI=1S/C47H80O18/c1-42(2,58)13-9-14-47(8,59)22-10-16-46(7)30(22)23(50)18-28-44(5)15-12-29(43(3,4)27(44)11-17-45(28,46)6)63-40-37(34(55)32(53)25(19-48)61-40)65-41-38(35(56)33(54)26(20-49)62-41)64-39-36(57)31(52)24(51)21-60-39/h9,13,22-41,48-59H,10-12,14-21H2,1-8H3. The SMILES string of the molecule is CC(C)(O)C=CCC(C)(O)C1CCC2(C)C1C(O)CC1C3(C)CCC(OC4OC(CO)C(O)C(O)C4OC4OC(CO)C(O)C(O)C4OC4OCC(O)C(O)C4O)C(C)(C)C3CCC12C. The highest BCUT2D eigenvalue weighted by atomic mass is 16.8. The third-order valence-electron chi connectivity index (χ3n) is 18.2. The van der Waals surface area contributed by atoms with E-state index < -0.39 is 135 Å². The molecule has 0 radical (unpaired) electrons. The lowest BCUT2D eigenvalue weighted by Gasteiger charge is -2.70. The predicted molar refractivity (Wildman–Crippen MR) is 229 cm³/mol. The van der Waals surface area contributed by atoms with Gasteiger partial charge in [-0.1, -0.05) is 46.8 Å². The van der Waals surface area contributed by atoms with Crippen LogP contribution in [0.25, 0.3) is 0 Å². The Bertz CT molecular complexity index is 1660. The first-order valence-corrected chi connectivity index (χ1v) is 23.8. The zero-order chi connectivity index (χ0) is 48.0. The molecule has 3 aliphatic heterocycles. The molecule has 65 heavy (non-hydrogen) atoms. The quantitative estimate of drug-likeness (QED) is 0.0874. The van der Waals surface area contributed by atoms with Crippen molar-refractivity contribution in [2.45, 2.75) is 216 Å². The van der Waals surface area contributed by atoms with Crippen LogP contribution in [0, 0.1) is 45.3 Å². The van der Waals surface area contributed by atoms with Crippen LogP contribution in [0.4, 0.5) is 0 Å². The first-order valence-electron chi connectivity index (χ1n) is 23.8. The van der Waals surface area contributed by atoms with Crippen molar-refractivity contribution in [1.29, 1.82) is 0 Å². The summed E-state index contributed by atoms with van der Waals surface area (Å²) in [5.74, 6) is -0.00760. The van der Waals surface area contributed by atoms with Crippen LogP contribution in [0.15, 0.2) is 12.2 Å². The minimum Gasteiger partial charge on any atom is -0.394 e. The van der Waals surface area contributed by atoms with Crippen molar-refractivity contribution in [1.82, 2.24) is 0 Å². The molecule has 0 amide bonds. The molecule has 7 fully saturated rings. The van der Waals surface area contributed by atoms with Gasteiger partial charge < -0.3 is 89.7 Å². The van der Waals surface area contributed by atoms with E-state index in [-0.39, 0.29) is 39.9 Å². The van der Waals surface area contributed by atoms with E-state index in [0.29, 0.717) is 19.3 Å². The van der Waals surface area contributed by atoms with E-state index in [1.807, 2.05) is 13.0 Å². The molecule has 24 atom stereocenters. The Morgan fingerprint density at radius 3 is 1.74 bits per heavy atom. The second-order valence-electron chi connectivity index (χ2n) is 22.9. The molecule has 0 bridgehead atoms. The molecule has 376 valence electrons. The molecule has 18 nitrogen and oxygen atoms in total. The lowest BCUT2D eigenvalue weighted by molar-refractivity contribution is -0.395. The van der Waals surface area contributed by atoms with Crippen LogP contribution in [-0.2, 0) is 28.4 Å². The molecule has 0 aromatic rings. The van der Waals surface area contributed by atoms with Gasteiger partial charge in [-0.15, -0.1) is 0 Å². The zero-order valence-corrected chi connectivity index (χ0v) is 39.3. The van der Waals surface area contributed by atoms with Gasteiger partial charge in [0.2, 0.25) is 0 Å². The molecule has 0 aromatic carbocycles. The monoisotopic (exact) mass is 933 g/mol. The summed E-state index contributed by atoms with van der Waals surface area (Å²) >= 11 is 0. The van der Waals surface area contributed by atoms with Gasteiger partial charge in [-0.05, 0) is 117 Å². The van der Waals surface area contributed by atoms with E-state index in [0.717, 1.165) is 32.1 Å². The van der Waals surface area contributed by atoms with E-state index in [1.165, 1.54) is 0 Å². The Labute approximate surface area is 382 Å². The van der Waals surface area contributed by atoms with Crippen molar-refractivity contribution >= 4 is 0 Å². The summed E-state index contributed by atoms with van der Waals surface area (Å²) in [5, 5.41) is 131. The maximum Gasteiger partial charge on any atom is 0.187 e. The number of ether oxygens (including phenoxy) is 6. The molecule has 4 saturated carbocycles. The van der Waals surface area contributed by atoms with Crippen LogP contribution in [0.1, 0.15) is 107 Å². The fourth-order valence-corrected chi connectivity index (χ4v) is 14.4. The van der Waals surface area contributed by atoms with Gasteiger partial charge in [-0.25, -0.2) is 0 Å². The summed E-state index contributed by atoms with van der Waals surface area (Å²) < 4.78 is 36.4. The molecule has 4 aliphatic carbocycles. The summed E-state index contributed by atoms with van der Waals surface area (Å²) in [6.45, 7) is 14.7. The second kappa shape index (κ2) is 18.6. The molecule has 0 aromatic heterocycles. The number of fused-ring (bicyclic) bond motifs is 5. The third kappa shape index (κ3) is 9.05. The molecule has 3 heterocycles. The van der Waals surface area contributed by atoms with E-state index in [1.54, 1.807) is 19.9 Å². The minimum absolute atomic E-state index is 0.0933. The number of hydrogen-bond acceptors (Lipinski definition) is 18. The van der Waals surface area contributed by atoms with Crippen molar-refractivity contribution in [3.05, 3.63) is 12.2 Å².